The summed E-state index contributed by atoms with van der Waals surface area (Å²) in [5.41, 5.74) is 10.8. The van der Waals surface area contributed by atoms with Crippen LogP contribution in [0.5, 0.6) is 11.5 Å². The molecule has 0 heterocycles. The minimum Gasteiger partial charge on any atom is -0.497 e. The molecule has 0 aliphatic carbocycles. The Labute approximate surface area is 396 Å². The van der Waals surface area contributed by atoms with Crippen LogP contribution in [0, 0.1) is 17.9 Å². The highest BCUT2D eigenvalue weighted by Gasteiger charge is 2.18. The van der Waals surface area contributed by atoms with Crippen LogP contribution in [-0.4, -0.2) is 14.2 Å². The number of benzene rings is 10. The number of hydrogen-bond donors (Lipinski definition) is 0. The van der Waals surface area contributed by atoms with Crippen molar-refractivity contribution in [2.24, 2.45) is 0 Å². The van der Waals surface area contributed by atoms with E-state index in [0.29, 0.717) is 11.3 Å². The number of ether oxygens (including phenoxy) is 2. The molecule has 10 aromatic carbocycles. The van der Waals surface area contributed by atoms with Crippen LogP contribution >= 0.6 is 0 Å². The van der Waals surface area contributed by atoms with Crippen molar-refractivity contribution in [3.05, 3.63) is 245 Å². The van der Waals surface area contributed by atoms with Crippen LogP contribution in [-0.2, 0) is 0 Å². The topological polar surface area (TPSA) is 53.1 Å². The van der Waals surface area contributed by atoms with Crippen LogP contribution in [0.3, 0.4) is 0 Å². The highest BCUT2D eigenvalue weighted by molar-refractivity contribution is 6.04. The smallest absolute Gasteiger partial charge is 0.202 e. The van der Waals surface area contributed by atoms with Gasteiger partial charge in [-0.25, -0.2) is 4.85 Å². The summed E-state index contributed by atoms with van der Waals surface area (Å²) in [4.78, 5) is 8.50. The van der Waals surface area contributed by atoms with Crippen molar-refractivity contribution in [3.8, 4) is 17.6 Å². The third-order valence-corrected chi connectivity index (χ3v) is 12.3. The van der Waals surface area contributed by atoms with Gasteiger partial charge in [0.05, 0.1) is 37.7 Å². The Balaban J connectivity index is 0.913. The van der Waals surface area contributed by atoms with E-state index in [1.807, 2.05) is 72.8 Å². The maximum absolute atomic E-state index is 10.5. The lowest BCUT2D eigenvalue weighted by molar-refractivity contribution is 0.414. The Kier molecular flexibility index (Phi) is 11.9. The summed E-state index contributed by atoms with van der Waals surface area (Å²) in [5.74, 6) is 1.59. The first kappa shape index (κ1) is 42.6. The molecule has 0 saturated carbocycles. The molecule has 0 radical (unpaired) electrons. The minimum absolute atomic E-state index is 0.507. The van der Waals surface area contributed by atoms with E-state index in [1.165, 1.54) is 0 Å². The van der Waals surface area contributed by atoms with Crippen molar-refractivity contribution in [1.82, 2.24) is 0 Å². The van der Waals surface area contributed by atoms with Gasteiger partial charge < -0.3 is 19.3 Å². The average molecular weight is 877 g/mol. The van der Waals surface area contributed by atoms with E-state index >= 15 is 0 Å². The van der Waals surface area contributed by atoms with E-state index in [2.05, 4.69) is 178 Å². The molecule has 10 rings (SSSR count). The van der Waals surface area contributed by atoms with Gasteiger partial charge in [-0.2, -0.15) is 5.26 Å². The molecule has 6 nitrogen and oxygen atoms in total. The van der Waals surface area contributed by atoms with Gasteiger partial charge in [-0.1, -0.05) is 146 Å². The van der Waals surface area contributed by atoms with Crippen LogP contribution in [0.1, 0.15) is 27.8 Å². The maximum Gasteiger partial charge on any atom is 0.202 e. The van der Waals surface area contributed by atoms with Crippen LogP contribution in [0.2, 0.25) is 0 Å². The van der Waals surface area contributed by atoms with Gasteiger partial charge in [0.1, 0.15) is 17.6 Å². The summed E-state index contributed by atoms with van der Waals surface area (Å²) in [6.07, 6.45) is 8.01. The standard InChI is InChI=1S/C62H44N4O2/c1-64-62-48(25-19-44-22-30-50(31-23-44)66(52-34-38-54(68-3)39-35-52)61-17-9-13-46-11-5-7-15-56(46)61)27-40-57-58(62)41-26-47(59(57)42-63)24-18-43-20-28-49(29-21-43)65(51-32-36-53(67-2)37-33-51)60-16-8-12-45-10-4-6-14-55(45)60/h4-41H,2-3H3/b24-18+,25-19+. The number of nitriles is 1. The van der Waals surface area contributed by atoms with Crippen LogP contribution in [0.25, 0.3) is 61.5 Å². The number of rotatable bonds is 12. The zero-order valence-corrected chi connectivity index (χ0v) is 37.5. The predicted molar refractivity (Wildman–Crippen MR) is 283 cm³/mol. The van der Waals surface area contributed by atoms with Crippen molar-refractivity contribution in [2.45, 2.75) is 0 Å². The molecule has 0 aliphatic rings. The highest BCUT2D eigenvalue weighted by Crippen LogP contribution is 2.42. The lowest BCUT2D eigenvalue weighted by atomic mass is 9.95. The summed E-state index contributed by atoms with van der Waals surface area (Å²) in [6, 6.07) is 72.8. The van der Waals surface area contributed by atoms with Gasteiger partial charge in [0, 0.05) is 33.5 Å². The molecule has 0 atom stereocenters. The molecule has 68 heavy (non-hydrogen) atoms. The molecule has 0 bridgehead atoms. The van der Waals surface area contributed by atoms with Gasteiger partial charge in [0.2, 0.25) is 5.69 Å². The fourth-order valence-corrected chi connectivity index (χ4v) is 8.91. The minimum atomic E-state index is 0.507. The van der Waals surface area contributed by atoms with Gasteiger partial charge in [0.25, 0.3) is 0 Å². The van der Waals surface area contributed by atoms with E-state index in [-0.39, 0.29) is 0 Å². The number of nitrogens with zero attached hydrogens (tertiary/aromatic N) is 4. The first-order valence-corrected chi connectivity index (χ1v) is 22.3. The van der Waals surface area contributed by atoms with Gasteiger partial charge in [-0.15, -0.1) is 0 Å². The van der Waals surface area contributed by atoms with E-state index in [0.717, 1.165) is 100 Å². The summed E-state index contributed by atoms with van der Waals surface area (Å²) in [6.45, 7) is 8.23. The Morgan fingerprint density at radius 3 is 1.29 bits per heavy atom. The van der Waals surface area contributed by atoms with Gasteiger partial charge in [-0.3, -0.25) is 0 Å². The van der Waals surface area contributed by atoms with Crippen molar-refractivity contribution in [3.63, 3.8) is 0 Å². The third-order valence-electron chi connectivity index (χ3n) is 12.3. The largest absolute Gasteiger partial charge is 0.497 e. The third kappa shape index (κ3) is 8.38. The lowest BCUT2D eigenvalue weighted by Gasteiger charge is -2.27. The Morgan fingerprint density at radius 2 is 0.838 bits per heavy atom. The molecule has 0 aliphatic heterocycles. The van der Waals surface area contributed by atoms with Gasteiger partial charge in [-0.05, 0) is 129 Å². The SMILES string of the molecule is [C-]#[N+]c1c(/C=C/c2ccc(N(c3ccc(OC)cc3)c3cccc4ccccc34)cc2)ccc2c(C#N)c(/C=C/c3ccc(N(c4ccc(OC)cc4)c4cccc5ccccc45)cc3)ccc12. The molecule has 0 saturated heterocycles. The number of anilines is 6. The number of hydrogen-bond acceptors (Lipinski definition) is 5. The van der Waals surface area contributed by atoms with Crippen molar-refractivity contribution in [2.75, 3.05) is 24.0 Å². The van der Waals surface area contributed by atoms with E-state index in [4.69, 9.17) is 16.0 Å². The molecule has 6 heteroatoms. The zero-order valence-electron chi connectivity index (χ0n) is 37.5. The summed E-state index contributed by atoms with van der Waals surface area (Å²) < 4.78 is 10.9. The molecule has 0 fully saturated rings. The molecule has 0 N–H and O–H groups in total. The van der Waals surface area contributed by atoms with Gasteiger partial charge >= 0.3 is 0 Å². The number of methoxy groups -OCH3 is 2. The fraction of sp³-hybridized carbons (Fsp3) is 0.0323. The maximum atomic E-state index is 10.5. The molecule has 0 spiro atoms. The first-order chi connectivity index (χ1) is 33.5. The summed E-state index contributed by atoms with van der Waals surface area (Å²) in [7, 11) is 3.35. The molecular formula is C62H44N4O2. The second-order valence-corrected chi connectivity index (χ2v) is 16.3. The molecule has 324 valence electrons. The second-order valence-electron chi connectivity index (χ2n) is 16.3. The first-order valence-electron chi connectivity index (χ1n) is 22.3. The Bertz CT molecular complexity index is 3350. The van der Waals surface area contributed by atoms with Crippen LogP contribution in [0.4, 0.5) is 39.8 Å². The van der Waals surface area contributed by atoms with Crippen LogP contribution < -0.4 is 19.3 Å². The number of fused-ring (bicyclic) bond motifs is 3. The lowest BCUT2D eigenvalue weighted by Crippen LogP contribution is -2.10. The van der Waals surface area contributed by atoms with E-state index in [1.54, 1.807) is 14.2 Å². The fourth-order valence-electron chi connectivity index (χ4n) is 8.91. The summed E-state index contributed by atoms with van der Waals surface area (Å²) in [5, 5.41) is 16.6. The van der Waals surface area contributed by atoms with Gasteiger partial charge in [0.15, 0.2) is 0 Å². The monoisotopic (exact) mass is 876 g/mol. The van der Waals surface area contributed by atoms with Crippen molar-refractivity contribution >= 4 is 96.4 Å². The Hall–Kier alpha value is -9.36. The average Bonchev–Trinajstić information content (AvgIpc) is 3.40. The quantitative estimate of drug-likeness (QED) is 0.0904. The van der Waals surface area contributed by atoms with E-state index < -0.39 is 0 Å². The van der Waals surface area contributed by atoms with Crippen LogP contribution in [0.15, 0.2) is 206 Å². The molecule has 0 aromatic heterocycles. The Morgan fingerprint density at radius 1 is 0.426 bits per heavy atom. The molecule has 0 unspecified atom stereocenters. The molecule has 10 aromatic rings. The molecule has 0 amide bonds. The summed E-state index contributed by atoms with van der Waals surface area (Å²) >= 11 is 0. The van der Waals surface area contributed by atoms with Crippen molar-refractivity contribution in [1.29, 1.82) is 5.26 Å². The normalized spacial score (nSPS) is 11.2. The van der Waals surface area contributed by atoms with Crippen molar-refractivity contribution < 1.29 is 9.47 Å². The zero-order chi connectivity index (χ0) is 46.4. The second kappa shape index (κ2) is 19.0. The van der Waals surface area contributed by atoms with E-state index in [9.17, 15) is 5.26 Å². The molecular weight excluding hydrogens is 833 g/mol. The highest BCUT2D eigenvalue weighted by atomic mass is 16.5. The predicted octanol–water partition coefficient (Wildman–Crippen LogP) is 16.9.